The third kappa shape index (κ3) is 4.58. The summed E-state index contributed by atoms with van der Waals surface area (Å²) >= 11 is 1.57. The van der Waals surface area contributed by atoms with Crippen molar-refractivity contribution in [2.75, 3.05) is 0 Å². The summed E-state index contributed by atoms with van der Waals surface area (Å²) in [5, 5.41) is 22.2. The molecule has 0 radical (unpaired) electrons. The third-order valence-corrected chi connectivity index (χ3v) is 5.75. The summed E-state index contributed by atoms with van der Waals surface area (Å²) in [6.45, 7) is 0. The molecule has 0 aliphatic heterocycles. The van der Waals surface area contributed by atoms with Crippen LogP contribution in [-0.2, 0) is 6.42 Å². The van der Waals surface area contributed by atoms with E-state index in [0.29, 0.717) is 24.1 Å². The number of rotatable bonds is 7. The molecule has 7 heteroatoms. The molecule has 2 aromatic heterocycles. The number of aromatic hydroxyl groups is 1. The number of carbonyl (C=O) groups is 2. The minimum absolute atomic E-state index is 0.0107. The number of carbonyl (C=O) groups excluding carboxylic acids is 2. The van der Waals surface area contributed by atoms with Crippen molar-refractivity contribution in [3.05, 3.63) is 88.2 Å². The lowest BCUT2D eigenvalue weighted by Crippen LogP contribution is -2.18. The Hall–Kier alpha value is -3.68. The Kier molecular flexibility index (Phi) is 5.97. The lowest BCUT2D eigenvalue weighted by molar-refractivity contribution is 0.0706. The number of aromatic amines is 1. The molecule has 6 nitrogen and oxygen atoms in total. The predicted molar refractivity (Wildman–Crippen MR) is 120 cm³/mol. The Labute approximate surface area is 182 Å². The number of phenols is 1. The Morgan fingerprint density at radius 3 is 2.35 bits per heavy atom. The van der Waals surface area contributed by atoms with E-state index in [1.165, 1.54) is 0 Å². The van der Waals surface area contributed by atoms with Crippen LogP contribution in [0.5, 0.6) is 5.75 Å². The summed E-state index contributed by atoms with van der Waals surface area (Å²) in [7, 11) is 0. The number of hydrogen-bond donors (Lipinski definition) is 4. The van der Waals surface area contributed by atoms with Crippen molar-refractivity contribution < 1.29 is 19.9 Å². The number of aromatic nitrogens is 1. The zero-order valence-electron chi connectivity index (χ0n) is 16.5. The van der Waals surface area contributed by atoms with E-state index in [9.17, 15) is 14.7 Å². The molecule has 0 fully saturated rings. The maximum absolute atomic E-state index is 13.1. The Morgan fingerprint density at radius 1 is 0.968 bits per heavy atom. The molecule has 1 amide bonds. The van der Waals surface area contributed by atoms with Crippen LogP contribution in [0.2, 0.25) is 0 Å². The van der Waals surface area contributed by atoms with Gasteiger partial charge in [0.15, 0.2) is 5.78 Å². The highest BCUT2D eigenvalue weighted by atomic mass is 32.1. The van der Waals surface area contributed by atoms with Crippen molar-refractivity contribution in [1.82, 2.24) is 10.5 Å². The molecule has 31 heavy (non-hydrogen) atoms. The van der Waals surface area contributed by atoms with Crippen molar-refractivity contribution in [2.45, 2.75) is 12.8 Å². The van der Waals surface area contributed by atoms with Gasteiger partial charge in [-0.05, 0) is 82.4 Å². The first kappa shape index (κ1) is 20.6. The van der Waals surface area contributed by atoms with Crippen LogP contribution in [0.25, 0.3) is 22.4 Å². The minimum atomic E-state index is -0.573. The van der Waals surface area contributed by atoms with E-state index >= 15 is 0 Å². The van der Waals surface area contributed by atoms with E-state index in [2.05, 4.69) is 4.98 Å². The van der Waals surface area contributed by atoms with E-state index in [1.807, 2.05) is 22.9 Å². The summed E-state index contributed by atoms with van der Waals surface area (Å²) in [4.78, 5) is 27.8. The first-order chi connectivity index (χ1) is 15.0. The molecule has 0 spiro atoms. The maximum Gasteiger partial charge on any atom is 0.274 e. The molecule has 0 aliphatic carbocycles. The maximum atomic E-state index is 13.1. The Morgan fingerprint density at radius 2 is 1.71 bits per heavy atom. The monoisotopic (exact) mass is 432 g/mol. The van der Waals surface area contributed by atoms with Gasteiger partial charge in [0.25, 0.3) is 5.91 Å². The van der Waals surface area contributed by atoms with Crippen molar-refractivity contribution in [3.63, 3.8) is 0 Å². The molecule has 4 N–H and O–H groups in total. The molecule has 0 bridgehead atoms. The van der Waals surface area contributed by atoms with Crippen LogP contribution >= 0.6 is 11.3 Å². The number of phenolic OH excluding ortho intramolecular Hbond substituents is 1. The fourth-order valence-electron chi connectivity index (χ4n) is 3.39. The zero-order chi connectivity index (χ0) is 21.8. The number of aryl methyl sites for hydroxylation is 1. The van der Waals surface area contributed by atoms with E-state index < -0.39 is 5.91 Å². The van der Waals surface area contributed by atoms with E-state index in [0.717, 1.165) is 27.9 Å². The lowest BCUT2D eigenvalue weighted by Gasteiger charge is -2.05. The third-order valence-electron chi connectivity index (χ3n) is 5.07. The largest absolute Gasteiger partial charge is 0.508 e. The summed E-state index contributed by atoms with van der Waals surface area (Å²) in [6, 6.07) is 17.5. The van der Waals surface area contributed by atoms with Crippen molar-refractivity contribution in [1.29, 1.82) is 0 Å². The van der Waals surface area contributed by atoms with Gasteiger partial charge in [0, 0.05) is 23.2 Å². The highest BCUT2D eigenvalue weighted by molar-refractivity contribution is 7.08. The SMILES string of the molecule is O=C(NO)c1ccc(CCC(=O)c2[nH]c(-c3ccc(O)cc3)cc2-c2ccsc2)cc1. The van der Waals surface area contributed by atoms with Gasteiger partial charge in [-0.3, -0.25) is 14.8 Å². The Balaban J connectivity index is 1.56. The number of thiophene rings is 1. The Bertz CT molecular complexity index is 1190. The number of Topliss-reactive ketones (excluding diaryl/α,β-unsaturated/α-hetero) is 1. The number of hydroxylamine groups is 1. The van der Waals surface area contributed by atoms with Gasteiger partial charge in [-0.1, -0.05) is 12.1 Å². The van der Waals surface area contributed by atoms with Gasteiger partial charge in [0.1, 0.15) is 5.75 Å². The quantitative estimate of drug-likeness (QED) is 0.186. The van der Waals surface area contributed by atoms with Crippen LogP contribution in [-0.4, -0.2) is 27.0 Å². The van der Waals surface area contributed by atoms with Gasteiger partial charge < -0.3 is 10.1 Å². The van der Waals surface area contributed by atoms with Crippen LogP contribution in [0.3, 0.4) is 0 Å². The van der Waals surface area contributed by atoms with Gasteiger partial charge in [-0.2, -0.15) is 11.3 Å². The lowest BCUT2D eigenvalue weighted by atomic mass is 10.0. The van der Waals surface area contributed by atoms with Crippen LogP contribution in [0.15, 0.2) is 71.4 Å². The predicted octanol–water partition coefficient (Wildman–Crippen LogP) is 5.05. The molecule has 0 saturated carbocycles. The van der Waals surface area contributed by atoms with Crippen molar-refractivity contribution >= 4 is 23.0 Å². The van der Waals surface area contributed by atoms with Gasteiger partial charge >= 0.3 is 0 Å². The number of ketones is 1. The molecule has 156 valence electrons. The fraction of sp³-hybridized carbons (Fsp3) is 0.0833. The first-order valence-corrected chi connectivity index (χ1v) is 10.6. The highest BCUT2D eigenvalue weighted by Crippen LogP contribution is 2.32. The molecule has 4 aromatic rings. The van der Waals surface area contributed by atoms with Gasteiger partial charge in [0.2, 0.25) is 0 Å². The highest BCUT2D eigenvalue weighted by Gasteiger charge is 2.18. The van der Waals surface area contributed by atoms with Gasteiger partial charge in [-0.15, -0.1) is 0 Å². The summed E-state index contributed by atoms with van der Waals surface area (Å²) < 4.78 is 0. The summed E-state index contributed by atoms with van der Waals surface area (Å²) in [5.74, 6) is -0.397. The van der Waals surface area contributed by atoms with Crippen LogP contribution in [0.4, 0.5) is 0 Å². The average molecular weight is 433 g/mol. The standard InChI is InChI=1S/C24H20N2O4S/c27-19-8-6-16(7-9-19)21-13-20(18-11-12-31-14-18)23(25-21)22(28)10-3-15-1-4-17(5-2-15)24(29)26-30/h1-2,4-9,11-14,25,27,30H,3,10H2,(H,26,29). The van der Waals surface area contributed by atoms with Gasteiger partial charge in [0.05, 0.1) is 5.69 Å². The molecule has 4 rings (SSSR count). The normalized spacial score (nSPS) is 10.7. The number of H-pyrrole nitrogens is 1. The number of hydrogen-bond acceptors (Lipinski definition) is 5. The molecule has 2 aromatic carbocycles. The summed E-state index contributed by atoms with van der Waals surface area (Å²) in [6.07, 6.45) is 0.828. The van der Waals surface area contributed by atoms with Crippen LogP contribution in [0.1, 0.15) is 32.8 Å². The molecule has 0 unspecified atom stereocenters. The molecule has 0 atom stereocenters. The second-order valence-electron chi connectivity index (χ2n) is 7.09. The average Bonchev–Trinajstić information content (AvgIpc) is 3.48. The second-order valence-corrected chi connectivity index (χ2v) is 7.87. The number of amides is 1. The fourth-order valence-corrected chi connectivity index (χ4v) is 4.04. The molecule has 2 heterocycles. The molecular formula is C24H20N2O4S. The number of benzene rings is 2. The molecule has 0 saturated heterocycles. The van der Waals surface area contributed by atoms with Crippen LogP contribution < -0.4 is 5.48 Å². The zero-order valence-corrected chi connectivity index (χ0v) is 17.3. The summed E-state index contributed by atoms with van der Waals surface area (Å²) in [5.41, 5.74) is 6.94. The smallest absolute Gasteiger partial charge is 0.274 e. The van der Waals surface area contributed by atoms with E-state index in [4.69, 9.17) is 5.21 Å². The molecule has 0 aliphatic rings. The first-order valence-electron chi connectivity index (χ1n) is 9.66. The second kappa shape index (κ2) is 8.99. The van der Waals surface area contributed by atoms with E-state index in [-0.39, 0.29) is 11.5 Å². The number of nitrogens with one attached hydrogen (secondary N) is 2. The van der Waals surface area contributed by atoms with Crippen LogP contribution in [0, 0.1) is 0 Å². The van der Waals surface area contributed by atoms with E-state index in [1.54, 1.807) is 65.3 Å². The van der Waals surface area contributed by atoms with Crippen molar-refractivity contribution in [2.24, 2.45) is 0 Å². The van der Waals surface area contributed by atoms with Crippen molar-refractivity contribution in [3.8, 4) is 28.1 Å². The van der Waals surface area contributed by atoms with Gasteiger partial charge in [-0.25, -0.2) is 5.48 Å². The minimum Gasteiger partial charge on any atom is -0.508 e. The molecular weight excluding hydrogens is 412 g/mol. The topological polar surface area (TPSA) is 102 Å².